The van der Waals surface area contributed by atoms with E-state index in [1.54, 1.807) is 0 Å². The molecular weight excluding hydrogens is 320 g/mol. The van der Waals surface area contributed by atoms with Crippen molar-refractivity contribution in [2.45, 2.75) is 79.2 Å². The summed E-state index contributed by atoms with van der Waals surface area (Å²) in [4.78, 5) is 5.14. The van der Waals surface area contributed by atoms with Crippen LogP contribution in [0.4, 0.5) is 0 Å². The van der Waals surface area contributed by atoms with Crippen LogP contribution >= 0.6 is 0 Å². The van der Waals surface area contributed by atoms with Gasteiger partial charge in [-0.15, -0.1) is 0 Å². The normalized spacial score (nSPS) is 17.4. The van der Waals surface area contributed by atoms with Gasteiger partial charge in [0.15, 0.2) is 0 Å². The molecule has 26 heavy (non-hydrogen) atoms. The van der Waals surface area contributed by atoms with Crippen molar-refractivity contribution in [3.8, 4) is 0 Å². The zero-order chi connectivity index (χ0) is 19.2. The van der Waals surface area contributed by atoms with Crippen LogP contribution in [0.3, 0.4) is 0 Å². The van der Waals surface area contributed by atoms with Crippen LogP contribution in [-0.4, -0.2) is 61.8 Å². The lowest BCUT2D eigenvalue weighted by molar-refractivity contribution is 0.0884. The first-order valence-corrected chi connectivity index (χ1v) is 11.2. The molecule has 0 aromatic carbocycles. The van der Waals surface area contributed by atoms with E-state index in [4.69, 9.17) is 4.74 Å². The molecule has 3 heteroatoms. The highest BCUT2D eigenvalue weighted by atomic mass is 16.5. The SMILES string of the molecule is CCCN(CC/C=C/CCOCCN1CCC(CC(C)C)CC1)C(C)C. The van der Waals surface area contributed by atoms with E-state index in [1.807, 2.05) is 0 Å². The number of rotatable bonds is 14. The van der Waals surface area contributed by atoms with Crippen molar-refractivity contribution in [2.75, 3.05) is 45.9 Å². The summed E-state index contributed by atoms with van der Waals surface area (Å²) in [6.45, 7) is 19.3. The number of ether oxygens (including phenoxy) is 1. The van der Waals surface area contributed by atoms with E-state index in [0.29, 0.717) is 6.04 Å². The van der Waals surface area contributed by atoms with E-state index in [9.17, 15) is 0 Å². The number of hydrogen-bond donors (Lipinski definition) is 0. The van der Waals surface area contributed by atoms with Gasteiger partial charge in [-0.25, -0.2) is 0 Å². The Hall–Kier alpha value is -0.380. The standard InChI is InChI=1S/C23H46N2O/c1-6-13-25(22(4)5)14-9-7-8-10-18-26-19-17-24-15-11-23(12-16-24)20-21(2)3/h7-8,21-23H,6,9-20H2,1-5H3/b8-7+. The van der Waals surface area contributed by atoms with Crippen LogP contribution in [0.2, 0.25) is 0 Å². The van der Waals surface area contributed by atoms with Crippen LogP contribution in [0.15, 0.2) is 12.2 Å². The Balaban J connectivity index is 1.96. The maximum Gasteiger partial charge on any atom is 0.0593 e. The molecule has 0 amide bonds. The smallest absolute Gasteiger partial charge is 0.0593 e. The third kappa shape index (κ3) is 11.4. The van der Waals surface area contributed by atoms with Crippen LogP contribution in [0.25, 0.3) is 0 Å². The second kappa shape index (κ2) is 14.6. The molecule has 154 valence electrons. The Kier molecular flexibility index (Phi) is 13.3. The Morgan fingerprint density at radius 2 is 1.69 bits per heavy atom. The van der Waals surface area contributed by atoms with Crippen LogP contribution in [-0.2, 0) is 4.74 Å². The van der Waals surface area contributed by atoms with Gasteiger partial charge in [0, 0.05) is 19.1 Å². The first-order chi connectivity index (χ1) is 12.5. The fourth-order valence-electron chi connectivity index (χ4n) is 3.95. The van der Waals surface area contributed by atoms with Crippen LogP contribution in [0, 0.1) is 11.8 Å². The van der Waals surface area contributed by atoms with E-state index in [0.717, 1.165) is 44.4 Å². The quantitative estimate of drug-likeness (QED) is 0.310. The van der Waals surface area contributed by atoms with Crippen molar-refractivity contribution in [3.63, 3.8) is 0 Å². The average molecular weight is 367 g/mol. The highest BCUT2D eigenvalue weighted by Gasteiger charge is 2.19. The molecule has 0 bridgehead atoms. The van der Waals surface area contributed by atoms with E-state index < -0.39 is 0 Å². The predicted molar refractivity (Wildman–Crippen MR) is 115 cm³/mol. The zero-order valence-electron chi connectivity index (χ0n) is 18.4. The van der Waals surface area contributed by atoms with E-state index in [1.165, 1.54) is 51.9 Å². The summed E-state index contributed by atoms with van der Waals surface area (Å²) in [5, 5.41) is 0. The van der Waals surface area contributed by atoms with Gasteiger partial charge in [0.25, 0.3) is 0 Å². The molecule has 0 atom stereocenters. The highest BCUT2D eigenvalue weighted by molar-refractivity contribution is 4.83. The van der Waals surface area contributed by atoms with Gasteiger partial charge in [0.2, 0.25) is 0 Å². The molecular formula is C23H46N2O. The largest absolute Gasteiger partial charge is 0.380 e. The van der Waals surface area contributed by atoms with Gasteiger partial charge >= 0.3 is 0 Å². The zero-order valence-corrected chi connectivity index (χ0v) is 18.4. The lowest BCUT2D eigenvalue weighted by Gasteiger charge is -2.32. The molecule has 0 radical (unpaired) electrons. The van der Waals surface area contributed by atoms with Crippen LogP contribution < -0.4 is 0 Å². The lowest BCUT2D eigenvalue weighted by atomic mass is 9.89. The number of likely N-dealkylation sites (tertiary alicyclic amines) is 1. The fraction of sp³-hybridized carbons (Fsp3) is 0.913. The Bertz CT molecular complexity index is 346. The predicted octanol–water partition coefficient (Wildman–Crippen LogP) is 5.22. The minimum atomic E-state index is 0.655. The summed E-state index contributed by atoms with van der Waals surface area (Å²) in [6.07, 6.45) is 12.2. The van der Waals surface area contributed by atoms with Crippen molar-refractivity contribution in [1.29, 1.82) is 0 Å². The monoisotopic (exact) mass is 366 g/mol. The van der Waals surface area contributed by atoms with Gasteiger partial charge in [0.1, 0.15) is 0 Å². The number of nitrogens with zero attached hydrogens (tertiary/aromatic N) is 2. The highest BCUT2D eigenvalue weighted by Crippen LogP contribution is 2.23. The van der Waals surface area contributed by atoms with E-state index in [2.05, 4.69) is 56.6 Å². The molecule has 1 heterocycles. The van der Waals surface area contributed by atoms with Gasteiger partial charge < -0.3 is 14.5 Å². The van der Waals surface area contributed by atoms with Crippen LogP contribution in [0.1, 0.15) is 73.1 Å². The molecule has 0 saturated carbocycles. The fourth-order valence-corrected chi connectivity index (χ4v) is 3.95. The average Bonchev–Trinajstić information content (AvgIpc) is 2.60. The molecule has 1 fully saturated rings. The molecule has 1 aliphatic rings. The lowest BCUT2D eigenvalue weighted by Crippen LogP contribution is -2.36. The summed E-state index contributed by atoms with van der Waals surface area (Å²) < 4.78 is 5.83. The second-order valence-electron chi connectivity index (χ2n) is 8.71. The first kappa shape index (κ1) is 23.7. The molecule has 0 aromatic heterocycles. The summed E-state index contributed by atoms with van der Waals surface area (Å²) in [7, 11) is 0. The van der Waals surface area contributed by atoms with Crippen molar-refractivity contribution in [1.82, 2.24) is 9.80 Å². The van der Waals surface area contributed by atoms with Crippen molar-refractivity contribution in [3.05, 3.63) is 12.2 Å². The van der Waals surface area contributed by atoms with E-state index >= 15 is 0 Å². The van der Waals surface area contributed by atoms with Gasteiger partial charge in [0.05, 0.1) is 13.2 Å². The van der Waals surface area contributed by atoms with Gasteiger partial charge in [-0.2, -0.15) is 0 Å². The van der Waals surface area contributed by atoms with E-state index in [-0.39, 0.29) is 0 Å². The summed E-state index contributed by atoms with van der Waals surface area (Å²) in [6, 6.07) is 0.655. The third-order valence-corrected chi connectivity index (χ3v) is 5.48. The maximum absolute atomic E-state index is 5.83. The second-order valence-corrected chi connectivity index (χ2v) is 8.71. The topological polar surface area (TPSA) is 15.7 Å². The summed E-state index contributed by atoms with van der Waals surface area (Å²) >= 11 is 0. The molecule has 1 saturated heterocycles. The third-order valence-electron chi connectivity index (χ3n) is 5.48. The number of hydrogen-bond acceptors (Lipinski definition) is 3. The summed E-state index contributed by atoms with van der Waals surface area (Å²) in [5.74, 6) is 1.81. The van der Waals surface area contributed by atoms with Crippen molar-refractivity contribution < 1.29 is 4.74 Å². The maximum atomic E-state index is 5.83. The Morgan fingerprint density at radius 1 is 1.00 bits per heavy atom. The van der Waals surface area contributed by atoms with Gasteiger partial charge in [-0.3, -0.25) is 0 Å². The molecule has 0 spiro atoms. The van der Waals surface area contributed by atoms with Gasteiger partial charge in [-0.05, 0) is 83.8 Å². The van der Waals surface area contributed by atoms with Gasteiger partial charge in [-0.1, -0.05) is 32.9 Å². The Morgan fingerprint density at radius 3 is 2.31 bits per heavy atom. The molecule has 0 unspecified atom stereocenters. The molecule has 0 aliphatic carbocycles. The van der Waals surface area contributed by atoms with Crippen molar-refractivity contribution >= 4 is 0 Å². The molecule has 1 rings (SSSR count). The molecule has 0 aromatic rings. The molecule has 0 N–H and O–H groups in total. The minimum absolute atomic E-state index is 0.655. The summed E-state index contributed by atoms with van der Waals surface area (Å²) in [5.41, 5.74) is 0. The first-order valence-electron chi connectivity index (χ1n) is 11.2. The Labute approximate surface area is 164 Å². The molecule has 3 nitrogen and oxygen atoms in total. The molecule has 1 aliphatic heterocycles. The van der Waals surface area contributed by atoms with Crippen LogP contribution in [0.5, 0.6) is 0 Å². The van der Waals surface area contributed by atoms with Crippen molar-refractivity contribution in [2.24, 2.45) is 11.8 Å². The minimum Gasteiger partial charge on any atom is -0.380 e. The number of piperidine rings is 1.